The number of alkyl halides is 6. The van der Waals surface area contributed by atoms with Gasteiger partial charge in [0.2, 0.25) is 5.91 Å². The minimum absolute atomic E-state index is 0.00889. The van der Waals surface area contributed by atoms with Gasteiger partial charge in [0.1, 0.15) is 6.54 Å². The number of nitrogens with zero attached hydrogens (tertiary/aromatic N) is 2. The van der Waals surface area contributed by atoms with Crippen molar-refractivity contribution in [3.63, 3.8) is 0 Å². The molecule has 0 spiro atoms. The van der Waals surface area contributed by atoms with Crippen LogP contribution in [0.5, 0.6) is 0 Å². The zero-order chi connectivity index (χ0) is 30.3. The largest absolute Gasteiger partial charge is 0.416 e. The van der Waals surface area contributed by atoms with Crippen LogP contribution in [-0.4, -0.2) is 53.1 Å². The molecule has 1 fully saturated rings. The van der Waals surface area contributed by atoms with Crippen molar-refractivity contribution in [2.24, 2.45) is 4.99 Å². The first kappa shape index (κ1) is 31.0. The summed E-state index contributed by atoms with van der Waals surface area (Å²) in [6, 6.07) is 10.6. The van der Waals surface area contributed by atoms with Crippen molar-refractivity contribution in [1.29, 1.82) is 0 Å². The van der Waals surface area contributed by atoms with Gasteiger partial charge in [0.05, 0.1) is 46.9 Å². The molecule has 0 aliphatic carbocycles. The molecule has 2 aromatic rings. The fourth-order valence-corrected chi connectivity index (χ4v) is 5.72. The van der Waals surface area contributed by atoms with Crippen LogP contribution in [0.1, 0.15) is 68.4 Å². The van der Waals surface area contributed by atoms with Crippen molar-refractivity contribution in [3.05, 3.63) is 70.8 Å². The van der Waals surface area contributed by atoms with Gasteiger partial charge in [-0.3, -0.25) is 14.7 Å². The predicted molar refractivity (Wildman–Crippen MR) is 140 cm³/mol. The second-order valence-corrected chi connectivity index (χ2v) is 11.5. The van der Waals surface area contributed by atoms with Crippen LogP contribution in [0.4, 0.5) is 26.3 Å². The number of carbonyl (C=O) groups excluding carboxylic acids is 1. The van der Waals surface area contributed by atoms with Gasteiger partial charge in [0, 0.05) is 13.0 Å². The minimum atomic E-state index is -4.97. The van der Waals surface area contributed by atoms with Crippen molar-refractivity contribution in [3.8, 4) is 0 Å². The van der Waals surface area contributed by atoms with Gasteiger partial charge in [-0.05, 0) is 62.9 Å². The van der Waals surface area contributed by atoms with Crippen molar-refractivity contribution in [1.82, 2.24) is 10.2 Å². The highest BCUT2D eigenvalue weighted by Crippen LogP contribution is 2.42. The van der Waals surface area contributed by atoms with Crippen LogP contribution >= 0.6 is 0 Å². The van der Waals surface area contributed by atoms with Crippen molar-refractivity contribution < 1.29 is 41.0 Å². The lowest BCUT2D eigenvalue weighted by molar-refractivity contribution is -0.143. The molecule has 1 amide bonds. The van der Waals surface area contributed by atoms with E-state index in [4.69, 9.17) is 4.74 Å². The number of carbonyl (C=O) groups is 1. The summed E-state index contributed by atoms with van der Waals surface area (Å²) in [4.78, 5) is 18.3. The molecule has 6 nitrogen and oxygen atoms in total. The van der Waals surface area contributed by atoms with Crippen LogP contribution in [0.15, 0.2) is 53.5 Å². The maximum atomic E-state index is 13.4. The Morgan fingerprint density at radius 2 is 1.63 bits per heavy atom. The Balaban J connectivity index is 1.63. The number of benzene rings is 2. The molecule has 0 aromatic heterocycles. The van der Waals surface area contributed by atoms with Crippen LogP contribution in [-0.2, 0) is 27.4 Å². The first-order chi connectivity index (χ1) is 18.9. The Bertz CT molecular complexity index is 1230. The molecule has 41 heavy (non-hydrogen) atoms. The molecule has 2 aliphatic heterocycles. The molecule has 0 saturated carbocycles. The van der Waals surface area contributed by atoms with E-state index in [0.29, 0.717) is 25.0 Å². The number of aliphatic imine (C=N–C) groups is 1. The Morgan fingerprint density at radius 1 is 1.02 bits per heavy atom. The van der Waals surface area contributed by atoms with E-state index in [1.54, 1.807) is 18.7 Å². The van der Waals surface area contributed by atoms with Gasteiger partial charge in [0.15, 0.2) is 0 Å². The topological polar surface area (TPSA) is 74.2 Å². The third kappa shape index (κ3) is 6.92. The summed E-state index contributed by atoms with van der Waals surface area (Å²) < 4.78 is 86.6. The number of aliphatic hydroxyl groups is 1. The molecule has 2 aromatic carbocycles. The molecule has 2 N–H and O–H groups in total. The number of hydrogen-bond acceptors (Lipinski definition) is 5. The van der Waals surface area contributed by atoms with E-state index in [-0.39, 0.29) is 43.7 Å². The molecule has 2 heterocycles. The Morgan fingerprint density at radius 3 is 2.10 bits per heavy atom. The maximum absolute atomic E-state index is 13.4. The zero-order valence-corrected chi connectivity index (χ0v) is 22.9. The molecule has 12 heteroatoms. The summed E-state index contributed by atoms with van der Waals surface area (Å²) in [5.74, 6) is -0.196. The molecule has 0 radical (unpaired) electrons. The van der Waals surface area contributed by atoms with E-state index in [1.807, 2.05) is 30.3 Å². The molecular weight excluding hydrogens is 552 g/mol. The zero-order valence-electron chi connectivity index (χ0n) is 22.9. The summed E-state index contributed by atoms with van der Waals surface area (Å²) in [5, 5.41) is 14.2. The number of rotatable bonds is 8. The minimum Gasteiger partial charge on any atom is -0.390 e. The highest BCUT2D eigenvalue weighted by Gasteiger charge is 2.50. The maximum Gasteiger partial charge on any atom is 0.416 e. The van der Waals surface area contributed by atoms with Crippen LogP contribution < -0.4 is 5.32 Å². The average Bonchev–Trinajstić information content (AvgIpc) is 3.33. The first-order valence-electron chi connectivity index (χ1n) is 13.2. The molecule has 4 rings (SSSR count). The van der Waals surface area contributed by atoms with Crippen LogP contribution in [0.25, 0.3) is 0 Å². The number of amides is 1. The number of ether oxygens (including phenoxy) is 1. The predicted octanol–water partition coefficient (Wildman–Crippen LogP) is 5.85. The second-order valence-electron chi connectivity index (χ2n) is 11.5. The van der Waals surface area contributed by atoms with Crippen LogP contribution in [0, 0.1) is 0 Å². The Kier molecular flexibility index (Phi) is 8.34. The molecule has 1 saturated heterocycles. The molecule has 0 bridgehead atoms. The van der Waals surface area contributed by atoms with Gasteiger partial charge >= 0.3 is 12.4 Å². The van der Waals surface area contributed by atoms with Gasteiger partial charge in [-0.2, -0.15) is 26.3 Å². The summed E-state index contributed by atoms with van der Waals surface area (Å²) in [5.41, 5.74) is -5.03. The number of hydrogen-bond donors (Lipinski definition) is 2. The van der Waals surface area contributed by atoms with Crippen molar-refractivity contribution in [2.75, 3.05) is 19.7 Å². The summed E-state index contributed by atoms with van der Waals surface area (Å²) in [7, 11) is 0. The highest BCUT2D eigenvalue weighted by atomic mass is 19.4. The second kappa shape index (κ2) is 11.0. The van der Waals surface area contributed by atoms with Gasteiger partial charge in [0.25, 0.3) is 0 Å². The van der Waals surface area contributed by atoms with E-state index < -0.39 is 46.3 Å². The monoisotopic (exact) mass is 585 g/mol. The molecule has 224 valence electrons. The van der Waals surface area contributed by atoms with E-state index in [0.717, 1.165) is 5.56 Å². The normalized spacial score (nSPS) is 24.6. The smallest absolute Gasteiger partial charge is 0.390 e. The standard InChI is InChI=1S/C29H33F6N3O3/c1-19(20-11-22(28(30,31)32)13-23(12-20)29(33,34)35)41-17-27(21-7-5-4-6-8-21)10-9-26(16-37-27,15-25(2,3)40)38-18-36-14-24(38)39/h4-8,11-13,18-19,37,40H,9-10,14-17H2,1-3H3/t19-,26-,27-/m1/s1. The number of nitrogens with one attached hydrogen (secondary N) is 1. The van der Waals surface area contributed by atoms with E-state index in [9.17, 15) is 36.2 Å². The van der Waals surface area contributed by atoms with E-state index in [2.05, 4.69) is 10.3 Å². The van der Waals surface area contributed by atoms with Crippen molar-refractivity contribution >= 4 is 12.2 Å². The Hall–Kier alpha value is -2.96. The van der Waals surface area contributed by atoms with Gasteiger partial charge in [-0.25, -0.2) is 0 Å². The number of piperidine rings is 1. The fraction of sp³-hybridized carbons (Fsp3) is 0.517. The molecular formula is C29H33F6N3O3. The summed E-state index contributed by atoms with van der Waals surface area (Å²) in [6.07, 6.45) is -8.48. The lowest BCUT2D eigenvalue weighted by Gasteiger charge is -2.52. The third-order valence-electron chi connectivity index (χ3n) is 7.72. The summed E-state index contributed by atoms with van der Waals surface area (Å²) >= 11 is 0. The van der Waals surface area contributed by atoms with Crippen molar-refractivity contribution in [2.45, 2.75) is 75.2 Å². The average molecular weight is 586 g/mol. The van der Waals surface area contributed by atoms with Gasteiger partial charge in [-0.15, -0.1) is 0 Å². The Labute approximate surface area is 234 Å². The van der Waals surface area contributed by atoms with Crippen LogP contribution in [0.2, 0.25) is 0 Å². The SMILES string of the molecule is C[C@@H](OC[C@@]1(c2ccccc2)CC[C@](CC(C)(C)O)(N2C=NCC2=O)CN1)c1cc(C(F)(F)F)cc(C(F)(F)F)c1. The quantitative estimate of drug-likeness (QED) is 0.382. The lowest BCUT2D eigenvalue weighted by atomic mass is 9.72. The lowest BCUT2D eigenvalue weighted by Crippen LogP contribution is -2.66. The third-order valence-corrected chi connectivity index (χ3v) is 7.72. The van der Waals surface area contributed by atoms with Gasteiger partial charge < -0.3 is 15.2 Å². The number of halogens is 6. The van der Waals surface area contributed by atoms with E-state index in [1.165, 1.54) is 13.3 Å². The fourth-order valence-electron chi connectivity index (χ4n) is 5.72. The van der Waals surface area contributed by atoms with E-state index >= 15 is 0 Å². The molecule has 0 unspecified atom stereocenters. The molecule has 2 aliphatic rings. The molecule has 3 atom stereocenters. The van der Waals surface area contributed by atoms with Crippen LogP contribution in [0.3, 0.4) is 0 Å². The van der Waals surface area contributed by atoms with Gasteiger partial charge in [-0.1, -0.05) is 30.3 Å². The summed E-state index contributed by atoms with van der Waals surface area (Å²) in [6.45, 7) is 4.89. The first-order valence-corrected chi connectivity index (χ1v) is 13.2. The highest BCUT2D eigenvalue weighted by molar-refractivity contribution is 5.95.